The summed E-state index contributed by atoms with van der Waals surface area (Å²) in [5.41, 5.74) is 2.36. The Morgan fingerprint density at radius 1 is 1.03 bits per heavy atom. The van der Waals surface area contributed by atoms with Gasteiger partial charge in [-0.1, -0.05) is 0 Å². The molecule has 1 N–H and O–H groups in total. The van der Waals surface area contributed by atoms with Crippen LogP contribution in [0.2, 0.25) is 0 Å². The van der Waals surface area contributed by atoms with Gasteiger partial charge in [0.1, 0.15) is 0 Å². The average Bonchev–Trinajstić information content (AvgIpc) is 3.21. The smallest absolute Gasteiger partial charge is 0.203 e. The van der Waals surface area contributed by atoms with Crippen molar-refractivity contribution in [2.45, 2.75) is 13.0 Å². The lowest BCUT2D eigenvalue weighted by Crippen LogP contribution is -2.52. The van der Waals surface area contributed by atoms with Crippen molar-refractivity contribution in [3.63, 3.8) is 0 Å². The highest BCUT2D eigenvalue weighted by Crippen LogP contribution is 2.38. The standard InChI is InChI=1S/C22H34N6O3.HI/c1-23-22(24-7-6-17-14-25-26(2)15-17)28-10-8-27(9-11-28)16-18-12-19(29-3)21(31-5)20(13-18)30-4;/h12-15H,6-11,16H2,1-5H3,(H,23,24);1H. The molecule has 2 aromatic rings. The number of guanidine groups is 1. The molecule has 0 amide bonds. The fourth-order valence-electron chi connectivity index (χ4n) is 3.85. The summed E-state index contributed by atoms with van der Waals surface area (Å²) in [7, 11) is 8.69. The molecule has 1 fully saturated rings. The van der Waals surface area contributed by atoms with Gasteiger partial charge in [-0.3, -0.25) is 14.6 Å². The van der Waals surface area contributed by atoms with Gasteiger partial charge >= 0.3 is 0 Å². The zero-order valence-electron chi connectivity index (χ0n) is 19.6. The molecule has 10 heteroatoms. The minimum absolute atomic E-state index is 0. The topological polar surface area (TPSA) is 76.4 Å². The second kappa shape index (κ2) is 12.7. The van der Waals surface area contributed by atoms with Crippen molar-refractivity contribution in [3.8, 4) is 17.2 Å². The number of halogens is 1. The highest BCUT2D eigenvalue weighted by molar-refractivity contribution is 14.0. The molecule has 178 valence electrons. The summed E-state index contributed by atoms with van der Waals surface area (Å²) in [4.78, 5) is 9.21. The van der Waals surface area contributed by atoms with Crippen molar-refractivity contribution in [1.82, 2.24) is 24.9 Å². The quantitative estimate of drug-likeness (QED) is 0.302. The van der Waals surface area contributed by atoms with Crippen molar-refractivity contribution in [1.29, 1.82) is 0 Å². The van der Waals surface area contributed by atoms with Crippen LogP contribution >= 0.6 is 24.0 Å². The molecule has 0 radical (unpaired) electrons. The van der Waals surface area contributed by atoms with E-state index in [-0.39, 0.29) is 24.0 Å². The number of rotatable bonds is 8. The van der Waals surface area contributed by atoms with Crippen LogP contribution in [0.4, 0.5) is 0 Å². The van der Waals surface area contributed by atoms with E-state index in [0.717, 1.165) is 57.2 Å². The predicted octanol–water partition coefficient (Wildman–Crippen LogP) is 2.00. The summed E-state index contributed by atoms with van der Waals surface area (Å²) in [6, 6.07) is 4.04. The second-order valence-corrected chi connectivity index (χ2v) is 7.54. The number of aliphatic imine (C=N–C) groups is 1. The lowest BCUT2D eigenvalue weighted by atomic mass is 10.1. The Morgan fingerprint density at radius 2 is 1.69 bits per heavy atom. The lowest BCUT2D eigenvalue weighted by Gasteiger charge is -2.36. The molecule has 2 heterocycles. The van der Waals surface area contributed by atoms with E-state index in [1.54, 1.807) is 21.3 Å². The Labute approximate surface area is 207 Å². The fourth-order valence-corrected chi connectivity index (χ4v) is 3.85. The van der Waals surface area contributed by atoms with E-state index in [1.807, 2.05) is 43.3 Å². The summed E-state index contributed by atoms with van der Waals surface area (Å²) >= 11 is 0. The van der Waals surface area contributed by atoms with Crippen molar-refractivity contribution in [2.24, 2.45) is 12.0 Å². The maximum atomic E-state index is 5.48. The Hall–Kier alpha value is -2.21. The first kappa shape index (κ1) is 26.0. The summed E-state index contributed by atoms with van der Waals surface area (Å²) in [5.74, 6) is 2.96. The van der Waals surface area contributed by atoms with E-state index in [1.165, 1.54) is 5.56 Å². The number of nitrogens with one attached hydrogen (secondary N) is 1. The third-order valence-electron chi connectivity index (χ3n) is 5.47. The highest BCUT2D eigenvalue weighted by Gasteiger charge is 2.21. The first-order chi connectivity index (χ1) is 15.1. The fraction of sp³-hybridized carbons (Fsp3) is 0.545. The van der Waals surface area contributed by atoms with Crippen LogP contribution < -0.4 is 19.5 Å². The molecule has 32 heavy (non-hydrogen) atoms. The highest BCUT2D eigenvalue weighted by atomic mass is 127. The lowest BCUT2D eigenvalue weighted by molar-refractivity contribution is 0.172. The Bertz CT molecular complexity index is 855. The predicted molar refractivity (Wildman–Crippen MR) is 137 cm³/mol. The van der Waals surface area contributed by atoms with Crippen LogP contribution in [0.25, 0.3) is 0 Å². The van der Waals surface area contributed by atoms with Gasteiger partial charge in [0.15, 0.2) is 17.5 Å². The largest absolute Gasteiger partial charge is 0.493 e. The van der Waals surface area contributed by atoms with E-state index in [4.69, 9.17) is 14.2 Å². The van der Waals surface area contributed by atoms with Gasteiger partial charge in [0, 0.05) is 59.6 Å². The van der Waals surface area contributed by atoms with E-state index in [0.29, 0.717) is 17.2 Å². The van der Waals surface area contributed by atoms with Gasteiger partial charge in [0.05, 0.1) is 27.5 Å². The summed E-state index contributed by atoms with van der Waals surface area (Å²) in [6.45, 7) is 5.44. The van der Waals surface area contributed by atoms with E-state index < -0.39 is 0 Å². The summed E-state index contributed by atoms with van der Waals surface area (Å²) < 4.78 is 18.2. The van der Waals surface area contributed by atoms with Gasteiger partial charge in [-0.05, 0) is 29.7 Å². The molecule has 0 aliphatic carbocycles. The Morgan fingerprint density at radius 3 is 2.19 bits per heavy atom. The third kappa shape index (κ3) is 6.64. The molecule has 0 spiro atoms. The van der Waals surface area contributed by atoms with Gasteiger partial charge in [0.2, 0.25) is 5.75 Å². The van der Waals surface area contributed by atoms with Crippen LogP contribution in [0.1, 0.15) is 11.1 Å². The van der Waals surface area contributed by atoms with Crippen LogP contribution in [-0.2, 0) is 20.0 Å². The summed E-state index contributed by atoms with van der Waals surface area (Å²) in [6.07, 6.45) is 4.88. The molecular weight excluding hydrogens is 523 g/mol. The number of aromatic nitrogens is 2. The van der Waals surface area contributed by atoms with Crippen molar-refractivity contribution in [3.05, 3.63) is 35.7 Å². The van der Waals surface area contributed by atoms with Crippen LogP contribution in [0.5, 0.6) is 17.2 Å². The van der Waals surface area contributed by atoms with Gasteiger partial charge in [-0.15, -0.1) is 24.0 Å². The first-order valence-electron chi connectivity index (χ1n) is 10.5. The van der Waals surface area contributed by atoms with Crippen molar-refractivity contribution < 1.29 is 14.2 Å². The van der Waals surface area contributed by atoms with Gasteiger partial charge in [0.25, 0.3) is 0 Å². The third-order valence-corrected chi connectivity index (χ3v) is 5.47. The SMILES string of the molecule is CN=C(NCCc1cnn(C)c1)N1CCN(Cc2cc(OC)c(OC)c(OC)c2)CC1.I. The van der Waals surface area contributed by atoms with Crippen molar-refractivity contribution in [2.75, 3.05) is 61.1 Å². The monoisotopic (exact) mass is 558 g/mol. The zero-order chi connectivity index (χ0) is 22.2. The molecule has 0 saturated carbocycles. The molecule has 1 saturated heterocycles. The first-order valence-corrected chi connectivity index (χ1v) is 10.5. The average molecular weight is 558 g/mol. The Balaban J connectivity index is 0.00000363. The number of piperazine rings is 1. The second-order valence-electron chi connectivity index (χ2n) is 7.54. The number of benzene rings is 1. The van der Waals surface area contributed by atoms with Gasteiger partial charge in [-0.2, -0.15) is 5.10 Å². The van der Waals surface area contributed by atoms with E-state index in [9.17, 15) is 0 Å². The minimum atomic E-state index is 0. The van der Waals surface area contributed by atoms with Crippen LogP contribution in [0, 0.1) is 0 Å². The number of ether oxygens (including phenoxy) is 3. The molecule has 0 unspecified atom stereocenters. The molecule has 9 nitrogen and oxygen atoms in total. The molecule has 3 rings (SSSR count). The maximum absolute atomic E-state index is 5.48. The molecular formula is C22H35IN6O3. The maximum Gasteiger partial charge on any atom is 0.203 e. The van der Waals surface area contributed by atoms with Crippen LogP contribution in [0.15, 0.2) is 29.5 Å². The van der Waals surface area contributed by atoms with Gasteiger partial charge in [-0.25, -0.2) is 0 Å². The minimum Gasteiger partial charge on any atom is -0.493 e. The molecule has 1 aromatic heterocycles. The van der Waals surface area contributed by atoms with E-state index in [2.05, 4.69) is 25.2 Å². The molecule has 1 aliphatic rings. The van der Waals surface area contributed by atoms with Gasteiger partial charge < -0.3 is 24.4 Å². The number of hydrogen-bond donors (Lipinski definition) is 1. The van der Waals surface area contributed by atoms with Crippen molar-refractivity contribution >= 4 is 29.9 Å². The number of hydrogen-bond acceptors (Lipinski definition) is 6. The van der Waals surface area contributed by atoms with E-state index >= 15 is 0 Å². The normalized spacial score (nSPS) is 14.7. The number of aryl methyl sites for hydroxylation is 1. The molecule has 1 aromatic carbocycles. The molecule has 0 bridgehead atoms. The Kier molecular flexibility index (Phi) is 10.4. The number of methoxy groups -OCH3 is 3. The molecule has 0 atom stereocenters. The van der Waals surface area contributed by atoms with Crippen LogP contribution in [0.3, 0.4) is 0 Å². The summed E-state index contributed by atoms with van der Waals surface area (Å²) in [5, 5.41) is 7.70. The number of nitrogens with zero attached hydrogens (tertiary/aromatic N) is 5. The van der Waals surface area contributed by atoms with Crippen LogP contribution in [-0.4, -0.2) is 86.6 Å². The zero-order valence-corrected chi connectivity index (χ0v) is 22.0. The molecule has 1 aliphatic heterocycles.